The molecule has 1 aromatic carbocycles. The van der Waals surface area contributed by atoms with E-state index in [0.29, 0.717) is 23.6 Å². The number of amides is 1. The molecule has 4 nitrogen and oxygen atoms in total. The molecule has 0 bridgehead atoms. The highest BCUT2D eigenvalue weighted by molar-refractivity contribution is 6.30. The molecule has 0 aliphatic heterocycles. The Bertz CT molecular complexity index is 817. The van der Waals surface area contributed by atoms with E-state index < -0.39 is 23.9 Å². The second-order valence-corrected chi connectivity index (χ2v) is 7.36. The highest BCUT2D eigenvalue weighted by atomic mass is 35.5. The summed E-state index contributed by atoms with van der Waals surface area (Å²) >= 11 is 5.85. The van der Waals surface area contributed by atoms with Crippen LogP contribution in [0.5, 0.6) is 0 Å². The zero-order valence-electron chi connectivity index (χ0n) is 14.7. The minimum Gasteiger partial charge on any atom is -0.393 e. The molecule has 1 aromatic heterocycles. The fraction of sp³-hybridized carbons (Fsp3) is 0.421. The van der Waals surface area contributed by atoms with Crippen LogP contribution in [0.4, 0.5) is 13.2 Å². The molecule has 1 amide bonds. The summed E-state index contributed by atoms with van der Waals surface area (Å²) in [6.45, 7) is 0.292. The maximum absolute atomic E-state index is 13.2. The number of H-pyrrole nitrogens is 1. The molecule has 1 heterocycles. The molecule has 1 aliphatic rings. The van der Waals surface area contributed by atoms with Crippen LogP contribution in [-0.2, 0) is 6.18 Å². The van der Waals surface area contributed by atoms with Crippen molar-refractivity contribution in [2.45, 2.75) is 31.5 Å². The zero-order chi connectivity index (χ0) is 19.8. The van der Waals surface area contributed by atoms with Gasteiger partial charge in [-0.05, 0) is 36.6 Å². The van der Waals surface area contributed by atoms with Gasteiger partial charge >= 0.3 is 6.18 Å². The standard InChI is InChI=1S/C19H20ClF3N2O2/c1-25(10-12-3-2-4-15(12)26)18(27)17-14(9-16(24-17)19(21,22)23)11-5-7-13(20)8-6-11/h5-9,12,15,24,26H,2-4,10H2,1H3/t12-,15-/m0/s1. The van der Waals surface area contributed by atoms with Gasteiger partial charge in [0.15, 0.2) is 0 Å². The third kappa shape index (κ3) is 4.30. The SMILES string of the molecule is CN(C[C@@H]1CCC[C@@H]1O)C(=O)c1[nH]c(C(F)(F)F)cc1-c1ccc(Cl)cc1. The van der Waals surface area contributed by atoms with Gasteiger partial charge in [0.25, 0.3) is 5.91 Å². The van der Waals surface area contributed by atoms with E-state index in [-0.39, 0.29) is 17.2 Å². The van der Waals surface area contributed by atoms with E-state index in [1.807, 2.05) is 0 Å². The van der Waals surface area contributed by atoms with Crippen LogP contribution in [0.2, 0.25) is 5.02 Å². The van der Waals surface area contributed by atoms with Crippen molar-refractivity contribution >= 4 is 17.5 Å². The number of aromatic amines is 1. The summed E-state index contributed by atoms with van der Waals surface area (Å²) in [5.41, 5.74) is -0.476. The first kappa shape index (κ1) is 19.8. The molecule has 1 aliphatic carbocycles. The number of carbonyl (C=O) groups is 1. The van der Waals surface area contributed by atoms with Crippen LogP contribution in [-0.4, -0.2) is 40.6 Å². The summed E-state index contributed by atoms with van der Waals surface area (Å²) < 4.78 is 39.6. The lowest BCUT2D eigenvalue weighted by Gasteiger charge is -2.23. The molecule has 1 saturated carbocycles. The molecular weight excluding hydrogens is 381 g/mol. The fourth-order valence-electron chi connectivity index (χ4n) is 3.49. The molecule has 3 rings (SSSR count). The first-order valence-corrected chi connectivity index (χ1v) is 9.04. The van der Waals surface area contributed by atoms with Gasteiger partial charge in [0.05, 0.1) is 6.10 Å². The minimum atomic E-state index is -4.60. The van der Waals surface area contributed by atoms with Crippen molar-refractivity contribution in [2.24, 2.45) is 5.92 Å². The number of aromatic nitrogens is 1. The minimum absolute atomic E-state index is 0.0602. The molecule has 0 radical (unpaired) electrons. The van der Waals surface area contributed by atoms with Crippen LogP contribution < -0.4 is 0 Å². The number of benzene rings is 1. The van der Waals surface area contributed by atoms with E-state index in [0.717, 1.165) is 18.9 Å². The predicted molar refractivity (Wildman–Crippen MR) is 96.5 cm³/mol. The second kappa shape index (κ2) is 7.56. The molecule has 8 heteroatoms. The van der Waals surface area contributed by atoms with Crippen LogP contribution in [0.1, 0.15) is 35.4 Å². The highest BCUT2D eigenvalue weighted by Crippen LogP contribution is 2.35. The Kier molecular flexibility index (Phi) is 5.53. The van der Waals surface area contributed by atoms with Gasteiger partial charge in [-0.25, -0.2) is 0 Å². The second-order valence-electron chi connectivity index (χ2n) is 6.92. The van der Waals surface area contributed by atoms with Crippen molar-refractivity contribution in [3.8, 4) is 11.1 Å². The van der Waals surface area contributed by atoms with Crippen LogP contribution in [0.15, 0.2) is 30.3 Å². The van der Waals surface area contributed by atoms with Crippen LogP contribution >= 0.6 is 11.6 Å². The van der Waals surface area contributed by atoms with Crippen molar-refractivity contribution in [1.29, 1.82) is 0 Å². The number of aliphatic hydroxyl groups excluding tert-OH is 1. The monoisotopic (exact) mass is 400 g/mol. The molecule has 0 spiro atoms. The lowest BCUT2D eigenvalue weighted by atomic mass is 10.0. The molecule has 0 saturated heterocycles. The van der Waals surface area contributed by atoms with E-state index in [4.69, 9.17) is 11.6 Å². The van der Waals surface area contributed by atoms with Gasteiger partial charge in [-0.1, -0.05) is 30.2 Å². The maximum Gasteiger partial charge on any atom is 0.431 e. The van der Waals surface area contributed by atoms with Crippen molar-refractivity contribution in [2.75, 3.05) is 13.6 Å². The van der Waals surface area contributed by atoms with E-state index >= 15 is 0 Å². The van der Waals surface area contributed by atoms with Crippen molar-refractivity contribution in [1.82, 2.24) is 9.88 Å². The van der Waals surface area contributed by atoms with E-state index in [9.17, 15) is 23.1 Å². The third-order valence-electron chi connectivity index (χ3n) is 4.97. The normalized spacial score (nSPS) is 20.1. The quantitative estimate of drug-likeness (QED) is 0.788. The smallest absolute Gasteiger partial charge is 0.393 e. The predicted octanol–water partition coefficient (Wildman–Crippen LogP) is 4.59. The number of hydrogen-bond acceptors (Lipinski definition) is 2. The lowest BCUT2D eigenvalue weighted by Crippen LogP contribution is -2.35. The average molecular weight is 401 g/mol. The Hall–Kier alpha value is -1.99. The van der Waals surface area contributed by atoms with Gasteiger partial charge in [-0.2, -0.15) is 13.2 Å². The van der Waals surface area contributed by atoms with Crippen LogP contribution in [0.25, 0.3) is 11.1 Å². The number of alkyl halides is 3. The Morgan fingerprint density at radius 3 is 2.52 bits per heavy atom. The largest absolute Gasteiger partial charge is 0.431 e. The fourth-order valence-corrected chi connectivity index (χ4v) is 3.61. The summed E-state index contributed by atoms with van der Waals surface area (Å²) in [7, 11) is 1.53. The molecule has 146 valence electrons. The lowest BCUT2D eigenvalue weighted by molar-refractivity contribution is -0.140. The van der Waals surface area contributed by atoms with Crippen molar-refractivity contribution in [3.05, 3.63) is 46.7 Å². The number of carbonyl (C=O) groups excluding carboxylic acids is 1. The van der Waals surface area contributed by atoms with Gasteiger partial charge < -0.3 is 15.0 Å². The number of nitrogens with one attached hydrogen (secondary N) is 1. The molecule has 0 unspecified atom stereocenters. The van der Waals surface area contributed by atoms with Gasteiger partial charge in [0.1, 0.15) is 11.4 Å². The van der Waals surface area contributed by atoms with Crippen molar-refractivity contribution < 1.29 is 23.1 Å². The molecular formula is C19H20ClF3N2O2. The summed E-state index contributed by atoms with van der Waals surface area (Å²) in [5.74, 6) is -0.607. The topological polar surface area (TPSA) is 56.3 Å². The number of halogens is 4. The number of hydrogen-bond donors (Lipinski definition) is 2. The maximum atomic E-state index is 13.2. The first-order chi connectivity index (χ1) is 12.7. The van der Waals surface area contributed by atoms with Gasteiger partial charge in [0.2, 0.25) is 0 Å². The number of rotatable bonds is 4. The third-order valence-corrected chi connectivity index (χ3v) is 5.22. The summed E-state index contributed by atoms with van der Waals surface area (Å²) in [5, 5.41) is 10.4. The first-order valence-electron chi connectivity index (χ1n) is 8.66. The number of nitrogens with zero attached hydrogens (tertiary/aromatic N) is 1. The van der Waals surface area contributed by atoms with Gasteiger partial charge in [-0.15, -0.1) is 0 Å². The van der Waals surface area contributed by atoms with Gasteiger partial charge in [-0.3, -0.25) is 4.79 Å². The molecule has 2 N–H and O–H groups in total. The highest BCUT2D eigenvalue weighted by Gasteiger charge is 2.36. The summed E-state index contributed by atoms with van der Waals surface area (Å²) in [4.78, 5) is 16.5. The molecule has 2 atom stereocenters. The Balaban J connectivity index is 1.93. The van der Waals surface area contributed by atoms with E-state index in [2.05, 4.69) is 4.98 Å². The summed E-state index contributed by atoms with van der Waals surface area (Å²) in [6.07, 6.45) is -2.72. The van der Waals surface area contributed by atoms with Gasteiger partial charge in [0, 0.05) is 30.1 Å². The number of aliphatic hydroxyl groups is 1. The Morgan fingerprint density at radius 1 is 1.30 bits per heavy atom. The molecule has 2 aromatic rings. The molecule has 1 fully saturated rings. The van der Waals surface area contributed by atoms with Crippen molar-refractivity contribution in [3.63, 3.8) is 0 Å². The molecule has 27 heavy (non-hydrogen) atoms. The van der Waals surface area contributed by atoms with Crippen LogP contribution in [0.3, 0.4) is 0 Å². The van der Waals surface area contributed by atoms with E-state index in [1.54, 1.807) is 24.3 Å². The zero-order valence-corrected chi connectivity index (χ0v) is 15.4. The summed E-state index contributed by atoms with van der Waals surface area (Å²) in [6, 6.07) is 7.20. The Labute approximate surface area is 159 Å². The van der Waals surface area contributed by atoms with Crippen LogP contribution in [0, 0.1) is 5.92 Å². The average Bonchev–Trinajstić information content (AvgIpc) is 3.21. The Morgan fingerprint density at radius 2 is 1.96 bits per heavy atom. The van der Waals surface area contributed by atoms with E-state index in [1.165, 1.54) is 11.9 Å².